The molecule has 6 nitrogen and oxygen atoms in total. The number of hydrogen-bond donors (Lipinski definition) is 4. The second-order valence-electron chi connectivity index (χ2n) is 12.0. The zero-order valence-corrected chi connectivity index (χ0v) is 29.4. The predicted octanol–water partition coefficient (Wildman–Crippen LogP) is 9.76. The van der Waals surface area contributed by atoms with Gasteiger partial charge in [-0.1, -0.05) is 155 Å². The van der Waals surface area contributed by atoms with Crippen molar-refractivity contribution in [1.82, 2.24) is 0 Å². The van der Waals surface area contributed by atoms with Crippen LogP contribution < -0.4 is 11.5 Å². The second kappa shape index (κ2) is 37.6. The average molecular weight is 766 g/mol. The number of nitrogens with two attached hydrogens (primary N) is 2. The van der Waals surface area contributed by atoms with E-state index in [1.54, 1.807) is 0 Å². The molecule has 6 N–H and O–H groups in total. The molecule has 2 atom stereocenters. The van der Waals surface area contributed by atoms with Gasteiger partial charge in [0.25, 0.3) is 0 Å². The molecule has 0 heterocycles. The fraction of sp³-hybridized carbons (Fsp3) is 0.941. The van der Waals surface area contributed by atoms with E-state index in [9.17, 15) is 9.59 Å². The molecule has 0 bridgehead atoms. The fourth-order valence-electron chi connectivity index (χ4n) is 5.07. The Kier molecular flexibility index (Phi) is 41.2. The van der Waals surface area contributed by atoms with Crippen molar-refractivity contribution in [3.8, 4) is 0 Å². The smallest absolute Gasteiger partial charge is 0.481 e. The summed E-state index contributed by atoms with van der Waals surface area (Å²) >= 11 is 0. The van der Waals surface area contributed by atoms with Crippen LogP contribution in [0.25, 0.3) is 0 Å². The van der Waals surface area contributed by atoms with Crippen molar-refractivity contribution in [2.45, 2.75) is 206 Å². The summed E-state index contributed by atoms with van der Waals surface area (Å²) in [7, 11) is 0. The molecule has 1 fully saturated rings. The summed E-state index contributed by atoms with van der Waals surface area (Å²) in [5.74, 6) is -1.31. The van der Waals surface area contributed by atoms with Gasteiger partial charge in [-0.2, -0.15) is 0 Å². The maximum absolute atomic E-state index is 10.3. The molecule has 0 spiro atoms. The molecular weight excluding hydrogens is 695 g/mol. The molecule has 0 aromatic rings. The Bertz CT molecular complexity index is 491. The summed E-state index contributed by atoms with van der Waals surface area (Å²) in [6, 6.07) is 0.562. The molecule has 0 unspecified atom stereocenters. The number of carboxylic acid groups (broad SMARTS) is 2. The Hall–Kier alpha value is -0.452. The van der Waals surface area contributed by atoms with Gasteiger partial charge in [0.15, 0.2) is 0 Å². The number of unbranched alkanes of at least 4 members (excludes halogenated alkanes) is 20. The summed E-state index contributed by atoms with van der Waals surface area (Å²) in [6.07, 6.45) is 33.5. The first-order valence-electron chi connectivity index (χ1n) is 17.3. The molecule has 0 saturated heterocycles. The summed E-state index contributed by atoms with van der Waals surface area (Å²) in [6.45, 7) is 4.49. The van der Waals surface area contributed by atoms with Gasteiger partial charge in [0, 0.05) is 24.9 Å². The van der Waals surface area contributed by atoms with Crippen LogP contribution in [0.3, 0.4) is 0 Å². The summed E-state index contributed by atoms with van der Waals surface area (Å²) < 4.78 is 0. The average Bonchev–Trinajstić information content (AvgIpc) is 2.92. The van der Waals surface area contributed by atoms with Crippen molar-refractivity contribution in [2.75, 3.05) is 0 Å². The van der Waals surface area contributed by atoms with E-state index in [1.165, 1.54) is 128 Å². The van der Waals surface area contributed by atoms with E-state index in [4.69, 9.17) is 21.7 Å². The monoisotopic (exact) mass is 765 g/mol. The van der Waals surface area contributed by atoms with Gasteiger partial charge < -0.3 is 21.7 Å². The first-order valence-corrected chi connectivity index (χ1v) is 17.3. The molecule has 1 saturated carbocycles. The standard InChI is InChI=1S/2C14H28O2.C6H14N2.Pt/c2*1-2-3-4-5-6-7-8-9-10-11-12-13-14(15)16;7-5-3-1-2-4-6(5)8;/h2*2-13H2,1H3,(H,15,16);5-6H,1-4,7-8H2;/q;;;+2/t;;5-,6-;/m..0./s1. The zero-order chi connectivity index (χ0) is 30.1. The Morgan fingerprint density at radius 3 is 0.902 bits per heavy atom. The van der Waals surface area contributed by atoms with Crippen molar-refractivity contribution in [3.63, 3.8) is 0 Å². The largest absolute Gasteiger partial charge is 2.00 e. The van der Waals surface area contributed by atoms with Gasteiger partial charge in [0.2, 0.25) is 0 Å². The Morgan fingerprint density at radius 1 is 0.488 bits per heavy atom. The molecule has 1 aliphatic rings. The van der Waals surface area contributed by atoms with Gasteiger partial charge in [0.05, 0.1) is 0 Å². The first-order chi connectivity index (χ1) is 19.3. The second-order valence-corrected chi connectivity index (χ2v) is 12.0. The number of carbonyl (C=O) groups is 2. The minimum Gasteiger partial charge on any atom is -0.481 e. The number of rotatable bonds is 24. The van der Waals surface area contributed by atoms with Crippen LogP contribution in [0.5, 0.6) is 0 Å². The molecule has 7 heteroatoms. The molecule has 1 rings (SSSR count). The van der Waals surface area contributed by atoms with Crippen molar-refractivity contribution < 1.29 is 40.9 Å². The minimum absolute atomic E-state index is 0. The maximum Gasteiger partial charge on any atom is 2.00 e. The van der Waals surface area contributed by atoms with E-state index >= 15 is 0 Å². The van der Waals surface area contributed by atoms with Gasteiger partial charge in [-0.15, -0.1) is 0 Å². The predicted molar refractivity (Wildman–Crippen MR) is 172 cm³/mol. The van der Waals surface area contributed by atoms with E-state index in [1.807, 2.05) is 0 Å². The van der Waals surface area contributed by atoms with Crippen molar-refractivity contribution in [3.05, 3.63) is 0 Å². The van der Waals surface area contributed by atoms with Gasteiger partial charge in [0.1, 0.15) is 0 Å². The van der Waals surface area contributed by atoms with E-state index in [2.05, 4.69) is 13.8 Å². The molecule has 248 valence electrons. The van der Waals surface area contributed by atoms with Gasteiger partial charge in [-0.3, -0.25) is 9.59 Å². The Balaban J connectivity index is -0.000000548. The number of aliphatic carboxylic acids is 2. The first kappa shape index (κ1) is 45.0. The Morgan fingerprint density at radius 2 is 0.707 bits per heavy atom. The maximum atomic E-state index is 10.3. The number of carboxylic acids is 2. The van der Waals surface area contributed by atoms with Gasteiger partial charge in [-0.05, 0) is 25.7 Å². The minimum atomic E-state index is -0.657. The van der Waals surface area contributed by atoms with Gasteiger partial charge >= 0.3 is 33.0 Å². The summed E-state index contributed by atoms with van der Waals surface area (Å²) in [5.41, 5.74) is 11.3. The molecule has 0 aromatic heterocycles. The normalized spacial score (nSPS) is 16.0. The Labute approximate surface area is 269 Å². The molecule has 0 amide bonds. The fourth-order valence-corrected chi connectivity index (χ4v) is 5.07. The summed E-state index contributed by atoms with van der Waals surface area (Å²) in [4.78, 5) is 20.5. The van der Waals surface area contributed by atoms with E-state index in [0.29, 0.717) is 12.8 Å². The molecular formula is C34H70N2O4Pt+2. The third-order valence-electron chi connectivity index (χ3n) is 7.86. The third-order valence-corrected chi connectivity index (χ3v) is 7.86. The van der Waals surface area contributed by atoms with Crippen molar-refractivity contribution in [1.29, 1.82) is 0 Å². The van der Waals surface area contributed by atoms with E-state index in [-0.39, 0.29) is 33.1 Å². The number of hydrogen-bond acceptors (Lipinski definition) is 4. The van der Waals surface area contributed by atoms with Crippen LogP contribution >= 0.6 is 0 Å². The molecule has 0 aliphatic heterocycles. The molecule has 1 aliphatic carbocycles. The molecule has 41 heavy (non-hydrogen) atoms. The van der Waals surface area contributed by atoms with Crippen molar-refractivity contribution >= 4 is 11.9 Å². The van der Waals surface area contributed by atoms with Crippen LogP contribution in [0.4, 0.5) is 0 Å². The SMILES string of the molecule is CCCCCCCCCCCCCC(=O)O.CCCCCCCCCCCCCC(=O)O.N[C@H]1CCCC[C@@H]1N.[Pt+2]. The van der Waals surface area contributed by atoms with Crippen LogP contribution in [-0.2, 0) is 30.7 Å². The van der Waals surface area contributed by atoms with E-state index < -0.39 is 11.9 Å². The van der Waals surface area contributed by atoms with Gasteiger partial charge in [-0.25, -0.2) is 0 Å². The molecule has 0 radical (unpaired) electrons. The topological polar surface area (TPSA) is 127 Å². The molecule has 0 aromatic carbocycles. The van der Waals surface area contributed by atoms with Crippen LogP contribution in [0.15, 0.2) is 0 Å². The quantitative estimate of drug-likeness (QED) is 0.0725. The van der Waals surface area contributed by atoms with Crippen LogP contribution in [0, 0.1) is 0 Å². The van der Waals surface area contributed by atoms with E-state index in [0.717, 1.165) is 38.5 Å². The van der Waals surface area contributed by atoms with Crippen LogP contribution in [0.2, 0.25) is 0 Å². The van der Waals surface area contributed by atoms with Crippen LogP contribution in [0.1, 0.15) is 194 Å². The zero-order valence-electron chi connectivity index (χ0n) is 27.1. The van der Waals surface area contributed by atoms with Crippen LogP contribution in [-0.4, -0.2) is 34.2 Å². The summed E-state index contributed by atoms with van der Waals surface area (Å²) in [5, 5.41) is 16.9. The van der Waals surface area contributed by atoms with Crippen molar-refractivity contribution in [2.24, 2.45) is 11.5 Å². The third kappa shape index (κ3) is 41.7.